The topological polar surface area (TPSA) is 114 Å². The molecule has 1 aromatic carbocycles. The van der Waals surface area contributed by atoms with Crippen LogP contribution in [0.1, 0.15) is 35.7 Å². The molecule has 0 radical (unpaired) electrons. The maximum absolute atomic E-state index is 12.4. The number of aromatic nitrogens is 1. The predicted molar refractivity (Wildman–Crippen MR) is 102 cm³/mol. The number of hydrogen-bond acceptors (Lipinski definition) is 6. The van der Waals surface area contributed by atoms with Gasteiger partial charge >= 0.3 is 0 Å². The molecule has 3 fully saturated rings. The molecular formula is C18H16ClN3O5S. The third kappa shape index (κ3) is 2.77. The van der Waals surface area contributed by atoms with Crippen LogP contribution in [0.2, 0.25) is 5.02 Å². The molecule has 6 rings (SSSR count). The summed E-state index contributed by atoms with van der Waals surface area (Å²) in [5.74, 6) is 0.367. The summed E-state index contributed by atoms with van der Waals surface area (Å²) in [6, 6.07) is 8.19. The van der Waals surface area contributed by atoms with Crippen molar-refractivity contribution in [3.8, 4) is 0 Å². The predicted octanol–water partition coefficient (Wildman–Crippen LogP) is 3.05. The molecule has 1 amide bonds. The molecule has 0 saturated heterocycles. The lowest BCUT2D eigenvalue weighted by atomic mass is 9.39. The smallest absolute Gasteiger partial charge is 0.287 e. The number of halogens is 1. The summed E-state index contributed by atoms with van der Waals surface area (Å²) >= 11 is 5.99. The van der Waals surface area contributed by atoms with Crippen LogP contribution in [0.3, 0.4) is 0 Å². The van der Waals surface area contributed by atoms with Crippen molar-refractivity contribution >= 4 is 44.5 Å². The van der Waals surface area contributed by atoms with Crippen LogP contribution in [0.25, 0.3) is 11.1 Å². The Balaban J connectivity index is 1.26. The van der Waals surface area contributed by atoms with E-state index in [0.717, 1.165) is 31.0 Å². The third-order valence-electron chi connectivity index (χ3n) is 5.33. The highest BCUT2D eigenvalue weighted by atomic mass is 35.5. The van der Waals surface area contributed by atoms with E-state index in [1.807, 2.05) is 6.07 Å². The zero-order chi connectivity index (χ0) is 19.7. The van der Waals surface area contributed by atoms with Crippen molar-refractivity contribution in [2.45, 2.75) is 30.2 Å². The second-order valence-corrected chi connectivity index (χ2v) is 9.90. The van der Waals surface area contributed by atoms with Gasteiger partial charge in [0.2, 0.25) is 21.8 Å². The van der Waals surface area contributed by atoms with Crippen molar-refractivity contribution in [3.05, 3.63) is 47.0 Å². The molecule has 3 saturated carbocycles. The lowest BCUT2D eigenvalue weighted by molar-refractivity contribution is -0.0958. The van der Waals surface area contributed by atoms with Crippen LogP contribution in [0.5, 0.6) is 0 Å². The van der Waals surface area contributed by atoms with Crippen molar-refractivity contribution < 1.29 is 22.0 Å². The van der Waals surface area contributed by atoms with Gasteiger partial charge in [0, 0.05) is 22.7 Å². The average Bonchev–Trinajstić information content (AvgIpc) is 3.13. The highest BCUT2D eigenvalue weighted by Gasteiger charge is 2.71. The number of hydrogen-bond donors (Lipinski definition) is 2. The second kappa shape index (κ2) is 5.51. The Bertz CT molecular complexity index is 1210. The highest BCUT2D eigenvalue weighted by Crippen LogP contribution is 2.67. The lowest BCUT2D eigenvalue weighted by Gasteiger charge is -2.68. The largest absolute Gasteiger partial charge is 0.440 e. The van der Waals surface area contributed by atoms with Gasteiger partial charge in [0.15, 0.2) is 11.3 Å². The first-order valence-corrected chi connectivity index (χ1v) is 10.9. The number of carbonyl (C=O) groups excluding carboxylic acids is 1. The summed E-state index contributed by atoms with van der Waals surface area (Å²) in [6.07, 6.45) is 3.22. The minimum Gasteiger partial charge on any atom is -0.440 e. The van der Waals surface area contributed by atoms with Gasteiger partial charge in [0.25, 0.3) is 5.91 Å². The fourth-order valence-electron chi connectivity index (χ4n) is 4.27. The standard InChI is InChI=1S/C18H16ClN3O5S/c1-28(24,25)22-14-5-4-12(26-14)15(23)21-18-7-17(8-18,9-18)16-20-11-3-2-10(19)6-13(11)27-16/h2-6,22H,7-9H2,1H3,(H,21,23). The molecule has 0 spiro atoms. The molecule has 2 aromatic heterocycles. The summed E-state index contributed by atoms with van der Waals surface area (Å²) in [5.41, 5.74) is 0.980. The fraction of sp³-hybridized carbons (Fsp3) is 0.333. The van der Waals surface area contributed by atoms with Gasteiger partial charge in [-0.15, -0.1) is 0 Å². The Kier molecular flexibility index (Phi) is 3.46. The summed E-state index contributed by atoms with van der Waals surface area (Å²) in [7, 11) is -3.46. The molecule has 10 heteroatoms. The van der Waals surface area contributed by atoms with Crippen LogP contribution in [0.4, 0.5) is 5.88 Å². The van der Waals surface area contributed by atoms with Crippen molar-refractivity contribution in [2.24, 2.45) is 0 Å². The molecule has 2 heterocycles. The van der Waals surface area contributed by atoms with Crippen LogP contribution < -0.4 is 10.0 Å². The van der Waals surface area contributed by atoms with E-state index >= 15 is 0 Å². The number of benzene rings is 1. The number of nitrogens with one attached hydrogen (secondary N) is 2. The molecule has 0 aliphatic heterocycles. The molecule has 2 N–H and O–H groups in total. The zero-order valence-electron chi connectivity index (χ0n) is 14.8. The van der Waals surface area contributed by atoms with E-state index < -0.39 is 10.0 Å². The molecule has 28 heavy (non-hydrogen) atoms. The second-order valence-electron chi connectivity index (χ2n) is 7.71. The number of nitrogens with zero attached hydrogens (tertiary/aromatic N) is 1. The van der Waals surface area contributed by atoms with Crippen LogP contribution in [0.15, 0.2) is 39.2 Å². The average molecular weight is 422 g/mol. The Morgan fingerprint density at radius 3 is 2.64 bits per heavy atom. The molecule has 3 aromatic rings. The zero-order valence-corrected chi connectivity index (χ0v) is 16.4. The van der Waals surface area contributed by atoms with E-state index in [9.17, 15) is 13.2 Å². The van der Waals surface area contributed by atoms with Gasteiger partial charge in [0.05, 0.1) is 11.7 Å². The first kappa shape index (κ1) is 17.6. The Morgan fingerprint density at radius 2 is 1.93 bits per heavy atom. The number of rotatable bonds is 5. The number of furan rings is 1. The maximum Gasteiger partial charge on any atom is 0.287 e. The molecule has 3 aliphatic rings. The minimum atomic E-state index is -3.46. The van der Waals surface area contributed by atoms with Crippen LogP contribution in [0, 0.1) is 0 Å². The lowest BCUT2D eigenvalue weighted by Crippen LogP contribution is -2.76. The third-order valence-corrected chi connectivity index (χ3v) is 6.14. The van der Waals surface area contributed by atoms with Crippen LogP contribution in [-0.2, 0) is 15.4 Å². The quantitative estimate of drug-likeness (QED) is 0.654. The molecular weight excluding hydrogens is 406 g/mol. The normalized spacial score (nSPS) is 25.8. The van der Waals surface area contributed by atoms with E-state index in [1.165, 1.54) is 12.1 Å². The summed E-state index contributed by atoms with van der Waals surface area (Å²) in [4.78, 5) is 17.0. The number of amides is 1. The SMILES string of the molecule is CS(=O)(=O)Nc1ccc(C(=O)NC23CC(c4nc5ccc(Cl)cc5o4)(C2)C3)o1. The summed E-state index contributed by atoms with van der Waals surface area (Å²) < 4.78 is 35.8. The first-order chi connectivity index (χ1) is 13.2. The Hall–Kier alpha value is -2.52. The van der Waals surface area contributed by atoms with E-state index in [4.69, 9.17) is 20.4 Å². The van der Waals surface area contributed by atoms with Gasteiger partial charge in [-0.25, -0.2) is 13.4 Å². The van der Waals surface area contributed by atoms with Crippen molar-refractivity contribution in [1.82, 2.24) is 10.3 Å². The molecule has 146 valence electrons. The van der Waals surface area contributed by atoms with Crippen molar-refractivity contribution in [3.63, 3.8) is 0 Å². The number of fused-ring (bicyclic) bond motifs is 1. The number of carbonyl (C=O) groups is 1. The molecule has 2 bridgehead atoms. The van der Waals surface area contributed by atoms with E-state index in [2.05, 4.69) is 15.0 Å². The van der Waals surface area contributed by atoms with E-state index in [0.29, 0.717) is 16.5 Å². The van der Waals surface area contributed by atoms with Crippen LogP contribution in [-0.4, -0.2) is 31.1 Å². The monoisotopic (exact) mass is 421 g/mol. The van der Waals surface area contributed by atoms with Gasteiger partial charge in [-0.2, -0.15) is 0 Å². The van der Waals surface area contributed by atoms with Gasteiger partial charge in [-0.05, 0) is 37.5 Å². The van der Waals surface area contributed by atoms with E-state index in [-0.39, 0.29) is 28.5 Å². The fourth-order valence-corrected chi connectivity index (χ4v) is 4.91. The van der Waals surface area contributed by atoms with E-state index in [1.54, 1.807) is 12.1 Å². The Morgan fingerprint density at radius 1 is 1.18 bits per heavy atom. The number of anilines is 1. The maximum atomic E-state index is 12.4. The van der Waals surface area contributed by atoms with Crippen molar-refractivity contribution in [2.75, 3.05) is 11.0 Å². The van der Waals surface area contributed by atoms with Crippen molar-refractivity contribution in [1.29, 1.82) is 0 Å². The number of sulfonamides is 1. The van der Waals surface area contributed by atoms with Gasteiger partial charge in [-0.1, -0.05) is 11.6 Å². The first-order valence-electron chi connectivity index (χ1n) is 8.62. The highest BCUT2D eigenvalue weighted by molar-refractivity contribution is 7.92. The molecule has 3 aliphatic carbocycles. The summed E-state index contributed by atoms with van der Waals surface area (Å²) in [6.45, 7) is 0. The number of oxazole rings is 1. The van der Waals surface area contributed by atoms with Gasteiger partial charge in [-0.3, -0.25) is 9.52 Å². The van der Waals surface area contributed by atoms with Gasteiger partial charge < -0.3 is 14.2 Å². The molecule has 0 unspecified atom stereocenters. The Labute approximate surface area is 165 Å². The van der Waals surface area contributed by atoms with Gasteiger partial charge in [0.1, 0.15) is 5.52 Å². The molecule has 0 atom stereocenters. The minimum absolute atomic E-state index is 0.00634. The molecule has 8 nitrogen and oxygen atoms in total. The summed E-state index contributed by atoms with van der Waals surface area (Å²) in [5, 5.41) is 3.59. The van der Waals surface area contributed by atoms with Crippen LogP contribution >= 0.6 is 11.6 Å².